The number of aliphatic carboxylic acids is 1. The molecule has 1 heterocycles. The molecule has 1 aliphatic heterocycles. The highest BCUT2D eigenvalue weighted by Gasteiger charge is 2.34. The van der Waals surface area contributed by atoms with Gasteiger partial charge in [-0.15, -0.1) is 0 Å². The van der Waals surface area contributed by atoms with Crippen LogP contribution in [0.25, 0.3) is 0 Å². The molecule has 0 saturated carbocycles. The van der Waals surface area contributed by atoms with E-state index in [2.05, 4.69) is 0 Å². The summed E-state index contributed by atoms with van der Waals surface area (Å²) in [5.74, 6) is -1.41. The zero-order chi connectivity index (χ0) is 23.5. The highest BCUT2D eigenvalue weighted by molar-refractivity contribution is 5.77. The number of nitrogens with zero attached hydrogens (tertiary/aromatic N) is 2. The number of likely N-dealkylation sites (N-methyl/N-ethyl adjacent to an activating group) is 1. The molecule has 7 nitrogen and oxygen atoms in total. The zero-order valence-corrected chi connectivity index (χ0v) is 18.2. The maximum absolute atomic E-state index is 13.4. The largest absolute Gasteiger partial charge is 0.494 e. The number of ether oxygens (including phenoxy) is 2. The normalized spacial score (nSPS) is 16.4. The van der Waals surface area contributed by atoms with Crippen molar-refractivity contribution in [3.05, 3.63) is 59.7 Å². The maximum Gasteiger partial charge on any atom is 0.347 e. The van der Waals surface area contributed by atoms with Gasteiger partial charge >= 0.3 is 12.0 Å². The van der Waals surface area contributed by atoms with Crippen molar-refractivity contribution in [1.29, 1.82) is 0 Å². The van der Waals surface area contributed by atoms with E-state index in [9.17, 15) is 18.4 Å². The van der Waals surface area contributed by atoms with Crippen molar-refractivity contribution in [2.45, 2.75) is 38.5 Å². The molecule has 0 bridgehead atoms. The average molecular weight is 448 g/mol. The molecule has 2 amide bonds. The minimum atomic E-state index is -1.34. The Kier molecular flexibility index (Phi) is 6.86. The predicted molar refractivity (Wildman–Crippen MR) is 113 cm³/mol. The molecule has 0 radical (unpaired) electrons. The van der Waals surface area contributed by atoms with Crippen molar-refractivity contribution in [1.82, 2.24) is 9.80 Å². The van der Waals surface area contributed by atoms with Gasteiger partial charge in [-0.2, -0.15) is 0 Å². The molecule has 9 heteroatoms. The van der Waals surface area contributed by atoms with Crippen LogP contribution in [0.5, 0.6) is 11.5 Å². The van der Waals surface area contributed by atoms with Gasteiger partial charge in [-0.25, -0.2) is 18.4 Å². The van der Waals surface area contributed by atoms with E-state index in [1.807, 2.05) is 0 Å². The summed E-state index contributed by atoms with van der Waals surface area (Å²) in [4.78, 5) is 26.8. The highest BCUT2D eigenvalue weighted by atomic mass is 19.1. The second-order valence-electron chi connectivity index (χ2n) is 8.23. The number of amides is 2. The summed E-state index contributed by atoms with van der Waals surface area (Å²) in [7, 11) is 1.69. The summed E-state index contributed by atoms with van der Waals surface area (Å²) in [6.07, 6.45) is 0.570. The molecule has 2 aromatic rings. The van der Waals surface area contributed by atoms with Crippen LogP contribution in [0.15, 0.2) is 42.5 Å². The number of hydrogen-bond donors (Lipinski definition) is 1. The van der Waals surface area contributed by atoms with Gasteiger partial charge in [0.1, 0.15) is 23.1 Å². The van der Waals surface area contributed by atoms with Gasteiger partial charge in [0.25, 0.3) is 0 Å². The van der Waals surface area contributed by atoms with E-state index in [1.165, 1.54) is 26.0 Å². The Morgan fingerprint density at radius 1 is 1.12 bits per heavy atom. The van der Waals surface area contributed by atoms with Crippen molar-refractivity contribution >= 4 is 12.0 Å². The summed E-state index contributed by atoms with van der Waals surface area (Å²) in [6.45, 7) is 3.84. The lowest BCUT2D eigenvalue weighted by Crippen LogP contribution is -2.37. The molecule has 3 rings (SSSR count). The van der Waals surface area contributed by atoms with Crippen molar-refractivity contribution in [2.24, 2.45) is 0 Å². The summed E-state index contributed by atoms with van der Waals surface area (Å²) in [6, 6.07) is 9.56. The topological polar surface area (TPSA) is 79.3 Å². The van der Waals surface area contributed by atoms with Crippen LogP contribution in [0, 0.1) is 11.6 Å². The van der Waals surface area contributed by atoms with Crippen molar-refractivity contribution in [3.8, 4) is 11.5 Å². The average Bonchev–Trinajstić information content (AvgIpc) is 2.96. The highest BCUT2D eigenvalue weighted by Crippen LogP contribution is 2.24. The van der Waals surface area contributed by atoms with Gasteiger partial charge in [0.05, 0.1) is 12.6 Å². The van der Waals surface area contributed by atoms with Crippen molar-refractivity contribution < 1.29 is 33.0 Å². The van der Waals surface area contributed by atoms with Crippen LogP contribution < -0.4 is 9.47 Å². The first kappa shape index (κ1) is 23.3. The Morgan fingerprint density at radius 2 is 1.72 bits per heavy atom. The minimum absolute atomic E-state index is 0.0973. The fourth-order valence-electron chi connectivity index (χ4n) is 3.43. The Morgan fingerprint density at radius 3 is 2.31 bits per heavy atom. The minimum Gasteiger partial charge on any atom is -0.494 e. The van der Waals surface area contributed by atoms with Gasteiger partial charge in [-0.1, -0.05) is 0 Å². The van der Waals surface area contributed by atoms with Crippen LogP contribution in [0.1, 0.15) is 25.8 Å². The SMILES string of the molecule is CN1C(=O)N(Cc2cc(F)cc(F)c2)CC1CCOc1ccc(OC(C)(C)C(=O)O)cc1. The van der Waals surface area contributed by atoms with Crippen LogP contribution in [0.4, 0.5) is 13.6 Å². The Balaban J connectivity index is 1.50. The van der Waals surface area contributed by atoms with Gasteiger partial charge < -0.3 is 24.4 Å². The monoisotopic (exact) mass is 448 g/mol. The first-order valence-corrected chi connectivity index (χ1v) is 10.2. The van der Waals surface area contributed by atoms with Crippen LogP contribution >= 0.6 is 0 Å². The van der Waals surface area contributed by atoms with E-state index in [-0.39, 0.29) is 18.6 Å². The molecule has 0 spiro atoms. The molecule has 172 valence electrons. The van der Waals surface area contributed by atoms with Gasteiger partial charge in [-0.05, 0) is 55.8 Å². The van der Waals surface area contributed by atoms with Crippen LogP contribution in [-0.2, 0) is 11.3 Å². The van der Waals surface area contributed by atoms with Crippen LogP contribution in [-0.4, -0.2) is 58.7 Å². The molecule has 2 aromatic carbocycles. The fraction of sp³-hybridized carbons (Fsp3) is 0.391. The first-order chi connectivity index (χ1) is 15.0. The Hall–Kier alpha value is -3.36. The molecule has 1 fully saturated rings. The summed E-state index contributed by atoms with van der Waals surface area (Å²) in [5.41, 5.74) is -0.944. The van der Waals surface area contributed by atoms with Gasteiger partial charge in [0, 0.05) is 32.6 Å². The Bertz CT molecular complexity index is 961. The number of hydrogen-bond acceptors (Lipinski definition) is 4. The molecule has 1 unspecified atom stereocenters. The van der Waals surface area contributed by atoms with Crippen molar-refractivity contribution in [3.63, 3.8) is 0 Å². The first-order valence-electron chi connectivity index (χ1n) is 10.2. The van der Waals surface area contributed by atoms with E-state index in [0.29, 0.717) is 36.6 Å². The van der Waals surface area contributed by atoms with Gasteiger partial charge in [-0.3, -0.25) is 0 Å². The number of rotatable bonds is 9. The van der Waals surface area contributed by atoms with E-state index < -0.39 is 23.2 Å². The van der Waals surface area contributed by atoms with E-state index in [1.54, 1.807) is 41.1 Å². The van der Waals surface area contributed by atoms with E-state index in [0.717, 1.165) is 6.07 Å². The lowest BCUT2D eigenvalue weighted by molar-refractivity contribution is -0.152. The molecular weight excluding hydrogens is 422 g/mol. The molecule has 1 atom stereocenters. The number of benzene rings is 2. The molecule has 0 aliphatic carbocycles. The second-order valence-corrected chi connectivity index (χ2v) is 8.23. The second kappa shape index (κ2) is 9.42. The number of carbonyl (C=O) groups is 2. The lowest BCUT2D eigenvalue weighted by atomic mass is 10.1. The standard InChI is InChI=1S/C23H26F2N2O5/c1-23(2,21(28)29)32-20-6-4-19(5-7-20)31-9-8-18-14-27(22(30)26(18)3)13-15-10-16(24)12-17(25)11-15/h4-7,10-12,18H,8-9,13-14H2,1-3H3,(H,28,29). The molecule has 0 aromatic heterocycles. The third-order valence-electron chi connectivity index (χ3n) is 5.28. The van der Waals surface area contributed by atoms with Gasteiger partial charge in [0.15, 0.2) is 5.60 Å². The third-order valence-corrected chi connectivity index (χ3v) is 5.28. The number of carboxylic acid groups (broad SMARTS) is 1. The molecule has 1 N–H and O–H groups in total. The van der Waals surface area contributed by atoms with Crippen LogP contribution in [0.3, 0.4) is 0 Å². The van der Waals surface area contributed by atoms with E-state index >= 15 is 0 Å². The zero-order valence-electron chi connectivity index (χ0n) is 18.2. The summed E-state index contributed by atoms with van der Waals surface area (Å²) < 4.78 is 38.0. The molecular formula is C23H26F2N2O5. The molecule has 1 aliphatic rings. The number of halogens is 2. The lowest BCUT2D eigenvalue weighted by Gasteiger charge is -2.21. The smallest absolute Gasteiger partial charge is 0.347 e. The van der Waals surface area contributed by atoms with Crippen molar-refractivity contribution in [2.75, 3.05) is 20.2 Å². The van der Waals surface area contributed by atoms with Crippen LogP contribution in [0.2, 0.25) is 0 Å². The number of carboxylic acids is 1. The number of urea groups is 1. The Labute approximate surface area is 185 Å². The predicted octanol–water partition coefficient (Wildman–Crippen LogP) is 3.91. The molecule has 1 saturated heterocycles. The third kappa shape index (κ3) is 5.66. The fourth-order valence-corrected chi connectivity index (χ4v) is 3.43. The summed E-state index contributed by atoms with van der Waals surface area (Å²) >= 11 is 0. The maximum atomic E-state index is 13.4. The molecule has 32 heavy (non-hydrogen) atoms. The van der Waals surface area contributed by atoms with Gasteiger partial charge in [0.2, 0.25) is 0 Å². The quantitative estimate of drug-likeness (QED) is 0.629. The van der Waals surface area contributed by atoms with E-state index in [4.69, 9.17) is 14.6 Å². The summed E-state index contributed by atoms with van der Waals surface area (Å²) in [5, 5.41) is 9.13. The number of carbonyl (C=O) groups excluding carboxylic acids is 1.